The second kappa shape index (κ2) is 6.00. The van der Waals surface area contributed by atoms with Gasteiger partial charge in [-0.25, -0.2) is 4.39 Å². The van der Waals surface area contributed by atoms with E-state index in [1.807, 2.05) is 6.07 Å². The molecule has 2 nitrogen and oxygen atoms in total. The molecule has 2 N–H and O–H groups in total. The van der Waals surface area contributed by atoms with Crippen LogP contribution in [0.2, 0.25) is 0 Å². The van der Waals surface area contributed by atoms with Crippen LogP contribution in [-0.2, 0) is 6.42 Å². The summed E-state index contributed by atoms with van der Waals surface area (Å²) >= 11 is 0. The molecule has 0 radical (unpaired) electrons. The summed E-state index contributed by atoms with van der Waals surface area (Å²) in [5.41, 5.74) is 2.64. The lowest BCUT2D eigenvalue weighted by Crippen LogP contribution is -2.29. The van der Waals surface area contributed by atoms with E-state index in [1.54, 1.807) is 36.4 Å². The van der Waals surface area contributed by atoms with Crippen molar-refractivity contribution in [3.8, 4) is 11.1 Å². The van der Waals surface area contributed by atoms with Crippen molar-refractivity contribution in [2.75, 3.05) is 0 Å². The lowest BCUT2D eigenvalue weighted by atomic mass is 9.80. The molecular formula is C15H16BFO2. The van der Waals surface area contributed by atoms with E-state index in [1.165, 1.54) is 0 Å². The Balaban J connectivity index is 2.31. The smallest absolute Gasteiger partial charge is 0.423 e. The Kier molecular flexibility index (Phi) is 4.35. The first-order valence-electron chi connectivity index (χ1n) is 6.36. The van der Waals surface area contributed by atoms with Gasteiger partial charge in [0.2, 0.25) is 0 Å². The highest BCUT2D eigenvalue weighted by Gasteiger charge is 2.11. The molecule has 0 aliphatic carbocycles. The first-order valence-corrected chi connectivity index (χ1v) is 6.36. The molecule has 0 spiro atoms. The average Bonchev–Trinajstić information content (AvgIpc) is 2.39. The van der Waals surface area contributed by atoms with Crippen molar-refractivity contribution >= 4 is 12.6 Å². The molecule has 0 aliphatic rings. The zero-order valence-corrected chi connectivity index (χ0v) is 10.8. The zero-order valence-electron chi connectivity index (χ0n) is 10.8. The molecule has 0 atom stereocenters. The lowest BCUT2D eigenvalue weighted by Gasteiger charge is -2.07. The van der Waals surface area contributed by atoms with E-state index in [9.17, 15) is 4.39 Å². The highest BCUT2D eigenvalue weighted by molar-refractivity contribution is 6.58. The minimum atomic E-state index is -1.49. The molecule has 0 aliphatic heterocycles. The summed E-state index contributed by atoms with van der Waals surface area (Å²) in [6, 6.07) is 11.8. The Bertz CT molecular complexity index is 553. The summed E-state index contributed by atoms with van der Waals surface area (Å²) in [4.78, 5) is 0. The van der Waals surface area contributed by atoms with Crippen molar-refractivity contribution in [1.29, 1.82) is 0 Å². The fourth-order valence-electron chi connectivity index (χ4n) is 2.07. The molecule has 0 amide bonds. The molecule has 2 aromatic rings. The third-order valence-corrected chi connectivity index (χ3v) is 3.09. The van der Waals surface area contributed by atoms with Crippen LogP contribution >= 0.6 is 0 Å². The highest BCUT2D eigenvalue weighted by Crippen LogP contribution is 2.23. The predicted octanol–water partition coefficient (Wildman–Crippen LogP) is 2.12. The van der Waals surface area contributed by atoms with Gasteiger partial charge in [-0.2, -0.15) is 0 Å². The monoisotopic (exact) mass is 258 g/mol. The third-order valence-electron chi connectivity index (χ3n) is 3.09. The van der Waals surface area contributed by atoms with E-state index >= 15 is 0 Å². The van der Waals surface area contributed by atoms with Gasteiger partial charge in [0.15, 0.2) is 0 Å². The van der Waals surface area contributed by atoms with Crippen molar-refractivity contribution in [2.24, 2.45) is 0 Å². The maximum Gasteiger partial charge on any atom is 0.488 e. The Morgan fingerprint density at radius 3 is 2.26 bits per heavy atom. The van der Waals surface area contributed by atoms with Gasteiger partial charge in [-0.1, -0.05) is 49.7 Å². The molecule has 19 heavy (non-hydrogen) atoms. The Morgan fingerprint density at radius 2 is 1.74 bits per heavy atom. The lowest BCUT2D eigenvalue weighted by molar-refractivity contribution is 0.426. The van der Waals surface area contributed by atoms with Gasteiger partial charge in [-0.3, -0.25) is 0 Å². The molecule has 0 saturated carbocycles. The van der Waals surface area contributed by atoms with Crippen LogP contribution in [0.3, 0.4) is 0 Å². The van der Waals surface area contributed by atoms with Crippen LogP contribution in [0, 0.1) is 5.82 Å². The molecule has 2 rings (SSSR count). The van der Waals surface area contributed by atoms with E-state index < -0.39 is 7.12 Å². The number of benzene rings is 2. The summed E-state index contributed by atoms with van der Waals surface area (Å²) < 4.78 is 14.0. The van der Waals surface area contributed by atoms with E-state index in [0.29, 0.717) is 11.0 Å². The molecule has 0 aromatic heterocycles. The van der Waals surface area contributed by atoms with Crippen LogP contribution in [0.4, 0.5) is 4.39 Å². The first-order chi connectivity index (χ1) is 9.11. The molecule has 0 unspecified atom stereocenters. The van der Waals surface area contributed by atoms with E-state index in [4.69, 9.17) is 10.0 Å². The van der Waals surface area contributed by atoms with Gasteiger partial charge >= 0.3 is 7.12 Å². The molecule has 2 aromatic carbocycles. The largest absolute Gasteiger partial charge is 0.488 e. The van der Waals surface area contributed by atoms with Gasteiger partial charge in [-0.05, 0) is 29.1 Å². The topological polar surface area (TPSA) is 40.5 Å². The van der Waals surface area contributed by atoms with Crippen molar-refractivity contribution in [2.45, 2.75) is 19.8 Å². The SMILES string of the molecule is CCCc1ccc(-c2ccc(B(O)O)cc2)c(F)c1. The van der Waals surface area contributed by atoms with Crippen LogP contribution in [-0.4, -0.2) is 17.2 Å². The predicted molar refractivity (Wildman–Crippen MR) is 75.7 cm³/mol. The number of hydrogen-bond donors (Lipinski definition) is 2. The van der Waals surface area contributed by atoms with E-state index in [0.717, 1.165) is 24.0 Å². The number of aryl methyl sites for hydroxylation is 1. The second-order valence-electron chi connectivity index (χ2n) is 4.56. The van der Waals surface area contributed by atoms with Gasteiger partial charge in [0, 0.05) is 5.56 Å². The molecule has 0 saturated heterocycles. The third kappa shape index (κ3) is 3.22. The van der Waals surface area contributed by atoms with Crippen molar-refractivity contribution < 1.29 is 14.4 Å². The van der Waals surface area contributed by atoms with Crippen LogP contribution < -0.4 is 5.46 Å². The summed E-state index contributed by atoms with van der Waals surface area (Å²) in [5.74, 6) is -0.247. The van der Waals surface area contributed by atoms with Crippen molar-refractivity contribution in [3.05, 3.63) is 53.8 Å². The van der Waals surface area contributed by atoms with Crippen molar-refractivity contribution in [1.82, 2.24) is 0 Å². The molecule has 98 valence electrons. The zero-order chi connectivity index (χ0) is 13.8. The minimum absolute atomic E-state index is 0.247. The standard InChI is InChI=1S/C15H16BFO2/c1-2-3-11-4-9-14(15(17)10-11)12-5-7-13(8-6-12)16(18)19/h4-10,18-19H,2-3H2,1H3. The minimum Gasteiger partial charge on any atom is -0.423 e. The highest BCUT2D eigenvalue weighted by atomic mass is 19.1. The molecule has 0 fully saturated rings. The quantitative estimate of drug-likeness (QED) is 0.825. The number of rotatable bonds is 4. The van der Waals surface area contributed by atoms with Gasteiger partial charge in [0.25, 0.3) is 0 Å². The van der Waals surface area contributed by atoms with Crippen LogP contribution in [0.15, 0.2) is 42.5 Å². The van der Waals surface area contributed by atoms with E-state index in [2.05, 4.69) is 6.92 Å². The maximum atomic E-state index is 14.0. The number of hydrogen-bond acceptors (Lipinski definition) is 2. The summed E-state index contributed by atoms with van der Waals surface area (Å²) in [5, 5.41) is 18.0. The number of halogens is 1. The Labute approximate surface area is 112 Å². The summed E-state index contributed by atoms with van der Waals surface area (Å²) in [6.45, 7) is 2.06. The van der Waals surface area contributed by atoms with Crippen molar-refractivity contribution in [3.63, 3.8) is 0 Å². The molecule has 4 heteroatoms. The van der Waals surface area contributed by atoms with Crippen LogP contribution in [0.1, 0.15) is 18.9 Å². The van der Waals surface area contributed by atoms with Gasteiger partial charge in [0.05, 0.1) is 0 Å². The Hall–Kier alpha value is -1.65. The average molecular weight is 258 g/mol. The summed E-state index contributed by atoms with van der Waals surface area (Å²) in [6.07, 6.45) is 1.86. The first kappa shape index (κ1) is 13.8. The molecular weight excluding hydrogens is 242 g/mol. The molecule has 0 heterocycles. The van der Waals surface area contributed by atoms with E-state index in [-0.39, 0.29) is 5.82 Å². The van der Waals surface area contributed by atoms with Crippen LogP contribution in [0.25, 0.3) is 11.1 Å². The second-order valence-corrected chi connectivity index (χ2v) is 4.56. The fraction of sp³-hybridized carbons (Fsp3) is 0.200. The van der Waals surface area contributed by atoms with Gasteiger partial charge < -0.3 is 10.0 Å². The van der Waals surface area contributed by atoms with Gasteiger partial charge in [-0.15, -0.1) is 0 Å². The fourth-order valence-corrected chi connectivity index (χ4v) is 2.07. The Morgan fingerprint density at radius 1 is 1.05 bits per heavy atom. The van der Waals surface area contributed by atoms with Crippen LogP contribution in [0.5, 0.6) is 0 Å². The summed E-state index contributed by atoms with van der Waals surface area (Å²) in [7, 11) is -1.49. The van der Waals surface area contributed by atoms with Gasteiger partial charge in [0.1, 0.15) is 5.82 Å². The molecule has 0 bridgehead atoms. The normalized spacial score (nSPS) is 10.5. The maximum absolute atomic E-state index is 14.0.